The summed E-state index contributed by atoms with van der Waals surface area (Å²) in [5.41, 5.74) is 4.43. The molecule has 0 aliphatic carbocycles. The van der Waals surface area contributed by atoms with Crippen molar-refractivity contribution >= 4 is 73.6 Å². The molecule has 0 fully saturated rings. The standard InChI is InChI=1S/C39H29BrN4O3S2/c40-30-18-16-27(17-19-30)34-25-48-39(43-34)44-38(47)35(28-12-6-2-7-13-28)49-32-22-20-31(21-23-32)41-37(46)33(24-26-10-4-1-5-11-26)42-36(45)29-14-8-3-9-15-29/h1-25,35H,(H,41,46)(H,42,45)(H,43,44,47)/b33-24-. The normalized spacial score (nSPS) is 11.7. The first-order valence-electron chi connectivity index (χ1n) is 15.2. The van der Waals surface area contributed by atoms with Gasteiger partial charge in [-0.25, -0.2) is 4.98 Å². The van der Waals surface area contributed by atoms with Crippen molar-refractivity contribution in [2.24, 2.45) is 0 Å². The summed E-state index contributed by atoms with van der Waals surface area (Å²) in [6, 6.07) is 42.7. The highest BCUT2D eigenvalue weighted by molar-refractivity contribution is 9.10. The van der Waals surface area contributed by atoms with Crippen molar-refractivity contribution in [3.63, 3.8) is 0 Å². The van der Waals surface area contributed by atoms with Gasteiger partial charge in [0.1, 0.15) is 10.9 Å². The van der Waals surface area contributed by atoms with Crippen molar-refractivity contribution in [3.8, 4) is 11.3 Å². The predicted molar refractivity (Wildman–Crippen MR) is 202 cm³/mol. The molecule has 3 amide bonds. The van der Waals surface area contributed by atoms with Gasteiger partial charge in [0.15, 0.2) is 5.13 Å². The van der Waals surface area contributed by atoms with E-state index in [4.69, 9.17) is 0 Å². The lowest BCUT2D eigenvalue weighted by Gasteiger charge is -2.17. The molecule has 0 aliphatic rings. The molecule has 3 N–H and O–H groups in total. The number of aromatic nitrogens is 1. The highest BCUT2D eigenvalue weighted by atomic mass is 79.9. The number of hydrogen-bond donors (Lipinski definition) is 3. The van der Waals surface area contributed by atoms with Gasteiger partial charge in [-0.05, 0) is 65.7 Å². The van der Waals surface area contributed by atoms with Crippen LogP contribution in [0.25, 0.3) is 17.3 Å². The monoisotopic (exact) mass is 744 g/mol. The van der Waals surface area contributed by atoms with Crippen LogP contribution in [0.1, 0.15) is 26.7 Å². The number of hydrogen-bond acceptors (Lipinski definition) is 6. The van der Waals surface area contributed by atoms with Crippen molar-refractivity contribution in [1.82, 2.24) is 10.3 Å². The molecule has 0 bridgehead atoms. The predicted octanol–water partition coefficient (Wildman–Crippen LogP) is 9.45. The molecule has 0 radical (unpaired) electrons. The second-order valence-electron chi connectivity index (χ2n) is 10.7. The average molecular weight is 746 g/mol. The zero-order chi connectivity index (χ0) is 34.0. The molecule has 0 aliphatic heterocycles. The molecule has 10 heteroatoms. The molecule has 7 nitrogen and oxygen atoms in total. The SMILES string of the molecule is O=C(Nc1ccc(SC(C(=O)Nc2nc(-c3ccc(Br)cc3)cs2)c2ccccc2)cc1)/C(=C/c1ccccc1)NC(=O)c1ccccc1. The van der Waals surface area contributed by atoms with Gasteiger partial charge in [0.2, 0.25) is 5.91 Å². The molecular weight excluding hydrogens is 716 g/mol. The number of thioether (sulfide) groups is 1. The van der Waals surface area contributed by atoms with Crippen molar-refractivity contribution in [3.05, 3.63) is 172 Å². The van der Waals surface area contributed by atoms with Crippen molar-refractivity contribution in [2.45, 2.75) is 10.1 Å². The van der Waals surface area contributed by atoms with Gasteiger partial charge in [0.25, 0.3) is 11.8 Å². The van der Waals surface area contributed by atoms with Crippen LogP contribution in [0, 0.1) is 0 Å². The number of amides is 3. The molecule has 0 saturated carbocycles. The molecule has 0 spiro atoms. The third-order valence-electron chi connectivity index (χ3n) is 7.22. The number of halogens is 1. The zero-order valence-corrected chi connectivity index (χ0v) is 29.1. The largest absolute Gasteiger partial charge is 0.321 e. The maximum Gasteiger partial charge on any atom is 0.272 e. The zero-order valence-electron chi connectivity index (χ0n) is 25.9. The fourth-order valence-electron chi connectivity index (χ4n) is 4.77. The number of anilines is 2. The lowest BCUT2D eigenvalue weighted by Crippen LogP contribution is -2.30. The van der Waals surface area contributed by atoms with Gasteiger partial charge in [-0.3, -0.25) is 14.4 Å². The van der Waals surface area contributed by atoms with E-state index in [1.165, 1.54) is 23.1 Å². The Morgan fingerprint density at radius 2 is 1.37 bits per heavy atom. The number of thiazole rings is 1. The first kappa shape index (κ1) is 33.6. The Morgan fingerprint density at radius 1 is 0.735 bits per heavy atom. The minimum absolute atomic E-state index is 0.102. The van der Waals surface area contributed by atoms with Gasteiger partial charge in [-0.1, -0.05) is 107 Å². The molecule has 6 rings (SSSR count). The van der Waals surface area contributed by atoms with Crippen LogP contribution in [-0.2, 0) is 9.59 Å². The molecule has 1 aromatic heterocycles. The Morgan fingerprint density at radius 3 is 2.04 bits per heavy atom. The van der Waals surface area contributed by atoms with E-state index < -0.39 is 17.1 Å². The Balaban J connectivity index is 1.16. The van der Waals surface area contributed by atoms with Crippen LogP contribution in [0.2, 0.25) is 0 Å². The summed E-state index contributed by atoms with van der Waals surface area (Å²) in [5, 5.41) is 10.5. The molecule has 1 heterocycles. The van der Waals surface area contributed by atoms with Crippen molar-refractivity contribution in [1.29, 1.82) is 0 Å². The Kier molecular flexibility index (Phi) is 11.1. The molecule has 6 aromatic rings. The Labute approximate surface area is 300 Å². The summed E-state index contributed by atoms with van der Waals surface area (Å²) in [7, 11) is 0. The highest BCUT2D eigenvalue weighted by Gasteiger charge is 2.23. The van der Waals surface area contributed by atoms with Crippen LogP contribution in [0.15, 0.2) is 160 Å². The molecular formula is C39H29BrN4O3S2. The van der Waals surface area contributed by atoms with Crippen LogP contribution in [0.5, 0.6) is 0 Å². The highest BCUT2D eigenvalue weighted by Crippen LogP contribution is 2.37. The van der Waals surface area contributed by atoms with E-state index >= 15 is 0 Å². The first-order chi connectivity index (χ1) is 23.9. The Bertz CT molecular complexity index is 2070. The first-order valence-corrected chi connectivity index (χ1v) is 17.7. The second-order valence-corrected chi connectivity index (χ2v) is 13.7. The molecule has 0 saturated heterocycles. The molecule has 1 atom stereocenters. The van der Waals surface area contributed by atoms with Crippen molar-refractivity contribution in [2.75, 3.05) is 10.6 Å². The van der Waals surface area contributed by atoms with Crippen LogP contribution in [0.4, 0.5) is 10.8 Å². The van der Waals surface area contributed by atoms with E-state index in [0.717, 1.165) is 31.8 Å². The minimum Gasteiger partial charge on any atom is -0.321 e. The number of carbonyl (C=O) groups is 3. The van der Waals surface area contributed by atoms with Crippen LogP contribution in [0.3, 0.4) is 0 Å². The van der Waals surface area contributed by atoms with Gasteiger partial charge >= 0.3 is 0 Å². The molecule has 1 unspecified atom stereocenters. The lowest BCUT2D eigenvalue weighted by atomic mass is 10.1. The second kappa shape index (κ2) is 16.2. The van der Waals surface area contributed by atoms with Crippen molar-refractivity contribution < 1.29 is 14.4 Å². The molecule has 242 valence electrons. The number of nitrogens with zero attached hydrogens (tertiary/aromatic N) is 1. The number of nitrogens with one attached hydrogen (secondary N) is 3. The molecule has 5 aromatic carbocycles. The number of benzene rings is 5. The third-order valence-corrected chi connectivity index (χ3v) is 9.77. The fourth-order valence-corrected chi connectivity index (χ4v) is 6.78. The average Bonchev–Trinajstić information content (AvgIpc) is 3.60. The van der Waals surface area contributed by atoms with E-state index in [9.17, 15) is 14.4 Å². The van der Waals surface area contributed by atoms with Gasteiger partial charge in [0, 0.05) is 31.6 Å². The van der Waals surface area contributed by atoms with Crippen LogP contribution >= 0.6 is 39.0 Å². The lowest BCUT2D eigenvalue weighted by molar-refractivity contribution is -0.116. The quantitative estimate of drug-likeness (QED) is 0.0907. The van der Waals surface area contributed by atoms with E-state index in [2.05, 4.69) is 36.9 Å². The third kappa shape index (κ3) is 9.20. The van der Waals surface area contributed by atoms with Gasteiger partial charge < -0.3 is 16.0 Å². The summed E-state index contributed by atoms with van der Waals surface area (Å²) in [4.78, 5) is 45.5. The van der Waals surface area contributed by atoms with Crippen LogP contribution < -0.4 is 16.0 Å². The van der Waals surface area contributed by atoms with E-state index in [1.807, 2.05) is 109 Å². The van der Waals surface area contributed by atoms with Gasteiger partial charge in [-0.15, -0.1) is 23.1 Å². The summed E-state index contributed by atoms with van der Waals surface area (Å²) in [6.07, 6.45) is 1.63. The number of carbonyl (C=O) groups excluding carboxylic acids is 3. The fraction of sp³-hybridized carbons (Fsp3) is 0.0256. The Hall–Kier alpha value is -5.29. The topological polar surface area (TPSA) is 100 Å². The summed E-state index contributed by atoms with van der Waals surface area (Å²) in [5.74, 6) is -1.06. The summed E-state index contributed by atoms with van der Waals surface area (Å²) in [6.45, 7) is 0. The maximum absolute atomic E-state index is 13.7. The maximum atomic E-state index is 13.7. The summed E-state index contributed by atoms with van der Waals surface area (Å²) < 4.78 is 0.982. The van der Waals surface area contributed by atoms with E-state index in [1.54, 1.807) is 42.5 Å². The van der Waals surface area contributed by atoms with Gasteiger partial charge in [0.05, 0.1) is 5.69 Å². The van der Waals surface area contributed by atoms with Gasteiger partial charge in [-0.2, -0.15) is 0 Å². The summed E-state index contributed by atoms with van der Waals surface area (Å²) >= 11 is 6.22. The van der Waals surface area contributed by atoms with E-state index in [0.29, 0.717) is 16.4 Å². The van der Waals surface area contributed by atoms with Crippen LogP contribution in [-0.4, -0.2) is 22.7 Å². The minimum atomic E-state index is -0.560. The smallest absolute Gasteiger partial charge is 0.272 e. The van der Waals surface area contributed by atoms with E-state index in [-0.39, 0.29) is 11.6 Å². The molecule has 49 heavy (non-hydrogen) atoms. The number of rotatable bonds is 11.